The van der Waals surface area contributed by atoms with Crippen LogP contribution in [0, 0.1) is 6.92 Å². The lowest BCUT2D eigenvalue weighted by Gasteiger charge is -2.23. The normalized spacial score (nSPS) is 16.9. The Labute approximate surface area is 139 Å². The molecule has 1 aliphatic heterocycles. The third kappa shape index (κ3) is 3.24. The second kappa shape index (κ2) is 6.74. The van der Waals surface area contributed by atoms with Crippen LogP contribution in [-0.4, -0.2) is 35.7 Å². The summed E-state index contributed by atoms with van der Waals surface area (Å²) in [5, 5.41) is 6.74. The van der Waals surface area contributed by atoms with Crippen molar-refractivity contribution in [2.45, 2.75) is 25.8 Å². The van der Waals surface area contributed by atoms with Crippen molar-refractivity contribution in [1.82, 2.24) is 10.1 Å². The van der Waals surface area contributed by atoms with E-state index in [0.29, 0.717) is 23.6 Å². The number of aryl methyl sites for hydroxylation is 1. The molecule has 1 saturated heterocycles. The van der Waals surface area contributed by atoms with E-state index >= 15 is 0 Å². The van der Waals surface area contributed by atoms with Crippen molar-refractivity contribution in [2.75, 3.05) is 19.0 Å². The number of hydrogen-bond donors (Lipinski definition) is 1. The summed E-state index contributed by atoms with van der Waals surface area (Å²) in [6, 6.07) is 8.15. The molecule has 0 saturated carbocycles. The molecule has 2 aromatic rings. The van der Waals surface area contributed by atoms with Crippen LogP contribution >= 0.6 is 0 Å². The number of nitrogens with zero attached hydrogens (tertiary/aromatic N) is 2. The van der Waals surface area contributed by atoms with Crippen LogP contribution in [-0.2, 0) is 4.74 Å². The van der Waals surface area contributed by atoms with Crippen molar-refractivity contribution in [1.29, 1.82) is 0 Å². The molecule has 0 spiro atoms. The minimum atomic E-state index is -0.409. The van der Waals surface area contributed by atoms with E-state index in [2.05, 4.69) is 15.2 Å². The summed E-state index contributed by atoms with van der Waals surface area (Å²) in [4.78, 5) is 25.7. The van der Waals surface area contributed by atoms with Gasteiger partial charge in [-0.25, -0.2) is 9.59 Å². The zero-order valence-electron chi connectivity index (χ0n) is 13.6. The van der Waals surface area contributed by atoms with E-state index in [-0.39, 0.29) is 12.1 Å². The Morgan fingerprint density at radius 1 is 1.33 bits per heavy atom. The van der Waals surface area contributed by atoms with E-state index in [1.165, 1.54) is 7.11 Å². The molecule has 2 amide bonds. The third-order valence-corrected chi connectivity index (χ3v) is 4.05. The van der Waals surface area contributed by atoms with Gasteiger partial charge >= 0.3 is 12.0 Å². The molecule has 1 N–H and O–H groups in total. The molecule has 3 rings (SSSR count). The maximum atomic E-state index is 12.5. The van der Waals surface area contributed by atoms with E-state index in [0.717, 1.165) is 18.5 Å². The fourth-order valence-electron chi connectivity index (χ4n) is 2.85. The highest BCUT2D eigenvalue weighted by Crippen LogP contribution is 2.32. The Hall–Kier alpha value is -2.83. The van der Waals surface area contributed by atoms with Gasteiger partial charge in [0.05, 0.1) is 24.4 Å². The number of carbonyl (C=O) groups is 2. The quantitative estimate of drug-likeness (QED) is 0.875. The van der Waals surface area contributed by atoms with Crippen LogP contribution in [0.4, 0.5) is 10.5 Å². The predicted octanol–water partition coefficient (Wildman–Crippen LogP) is 3.14. The Bertz CT molecular complexity index is 739. The SMILES string of the molecule is COC(=O)c1ccc(NC(=O)N2CCC[C@H]2c2cc(C)no2)cc1. The number of benzene rings is 1. The number of anilines is 1. The number of likely N-dealkylation sites (tertiary alicyclic amines) is 1. The molecule has 0 radical (unpaired) electrons. The molecule has 0 aliphatic carbocycles. The zero-order chi connectivity index (χ0) is 17.1. The van der Waals surface area contributed by atoms with Gasteiger partial charge in [-0.1, -0.05) is 5.16 Å². The highest BCUT2D eigenvalue weighted by Gasteiger charge is 2.32. The van der Waals surface area contributed by atoms with Gasteiger partial charge < -0.3 is 19.5 Å². The number of rotatable bonds is 3. The first-order valence-corrected chi connectivity index (χ1v) is 7.77. The van der Waals surface area contributed by atoms with Crippen LogP contribution in [0.2, 0.25) is 0 Å². The molecule has 1 aliphatic rings. The smallest absolute Gasteiger partial charge is 0.337 e. The molecule has 1 aromatic heterocycles. The lowest BCUT2D eigenvalue weighted by atomic mass is 10.1. The van der Waals surface area contributed by atoms with E-state index in [9.17, 15) is 9.59 Å². The van der Waals surface area contributed by atoms with E-state index in [1.54, 1.807) is 29.2 Å². The summed E-state index contributed by atoms with van der Waals surface area (Å²) in [7, 11) is 1.33. The number of esters is 1. The minimum absolute atomic E-state index is 0.0967. The molecule has 24 heavy (non-hydrogen) atoms. The molecule has 1 fully saturated rings. The van der Waals surface area contributed by atoms with Crippen molar-refractivity contribution < 1.29 is 18.8 Å². The van der Waals surface area contributed by atoms with Gasteiger partial charge in [0.1, 0.15) is 0 Å². The van der Waals surface area contributed by atoms with Crippen molar-refractivity contribution in [3.63, 3.8) is 0 Å². The average molecular weight is 329 g/mol. The number of hydrogen-bond acceptors (Lipinski definition) is 5. The molecule has 2 heterocycles. The maximum absolute atomic E-state index is 12.5. The summed E-state index contributed by atoms with van der Waals surface area (Å²) in [6.45, 7) is 2.52. The predicted molar refractivity (Wildman–Crippen MR) is 86.7 cm³/mol. The van der Waals surface area contributed by atoms with Gasteiger partial charge in [-0.15, -0.1) is 0 Å². The van der Waals surface area contributed by atoms with E-state index in [1.807, 2.05) is 13.0 Å². The number of urea groups is 1. The van der Waals surface area contributed by atoms with Crippen molar-refractivity contribution in [3.05, 3.63) is 47.3 Å². The fraction of sp³-hybridized carbons (Fsp3) is 0.353. The summed E-state index contributed by atoms with van der Waals surface area (Å²) >= 11 is 0. The zero-order valence-corrected chi connectivity index (χ0v) is 13.6. The Morgan fingerprint density at radius 3 is 2.71 bits per heavy atom. The maximum Gasteiger partial charge on any atom is 0.337 e. The lowest BCUT2D eigenvalue weighted by molar-refractivity contribution is 0.0600. The molecule has 0 bridgehead atoms. The number of methoxy groups -OCH3 is 1. The van der Waals surface area contributed by atoms with Gasteiger partial charge in [-0.05, 0) is 44.0 Å². The molecule has 1 aromatic carbocycles. The summed E-state index contributed by atoms with van der Waals surface area (Å²) < 4.78 is 9.96. The van der Waals surface area contributed by atoms with Gasteiger partial charge in [-0.2, -0.15) is 0 Å². The van der Waals surface area contributed by atoms with Crippen molar-refractivity contribution in [2.24, 2.45) is 0 Å². The molecule has 0 unspecified atom stereocenters. The first-order chi connectivity index (χ1) is 11.6. The van der Waals surface area contributed by atoms with Crippen LogP contribution in [0.5, 0.6) is 0 Å². The standard InChI is InChI=1S/C17H19N3O4/c1-11-10-15(24-19-11)14-4-3-9-20(14)17(22)18-13-7-5-12(6-8-13)16(21)23-2/h5-8,10,14H,3-4,9H2,1-2H3,(H,18,22)/t14-/m0/s1. The Morgan fingerprint density at radius 2 is 2.08 bits per heavy atom. The molecular weight excluding hydrogens is 310 g/mol. The molecule has 1 atom stereocenters. The summed E-state index contributed by atoms with van der Waals surface area (Å²) in [5.41, 5.74) is 1.86. The Balaban J connectivity index is 1.68. The van der Waals surface area contributed by atoms with Gasteiger partial charge in [-0.3, -0.25) is 0 Å². The van der Waals surface area contributed by atoms with Gasteiger partial charge in [0.2, 0.25) is 0 Å². The van der Waals surface area contributed by atoms with E-state index in [4.69, 9.17) is 4.52 Å². The second-order valence-electron chi connectivity index (χ2n) is 5.72. The van der Waals surface area contributed by atoms with Crippen LogP contribution < -0.4 is 5.32 Å². The number of aromatic nitrogens is 1. The Kier molecular flexibility index (Phi) is 4.50. The van der Waals surface area contributed by atoms with Crippen molar-refractivity contribution >= 4 is 17.7 Å². The second-order valence-corrected chi connectivity index (χ2v) is 5.72. The van der Waals surface area contributed by atoms with E-state index < -0.39 is 5.97 Å². The first kappa shape index (κ1) is 16.0. The van der Waals surface area contributed by atoms with Gasteiger partial charge in [0.15, 0.2) is 5.76 Å². The highest BCUT2D eigenvalue weighted by atomic mass is 16.5. The molecule has 7 nitrogen and oxygen atoms in total. The summed E-state index contributed by atoms with van der Waals surface area (Å²) in [5.74, 6) is 0.300. The average Bonchev–Trinajstić information content (AvgIpc) is 3.23. The number of nitrogens with one attached hydrogen (secondary N) is 1. The topological polar surface area (TPSA) is 84.7 Å². The first-order valence-electron chi connectivity index (χ1n) is 7.77. The lowest BCUT2D eigenvalue weighted by Crippen LogP contribution is -2.34. The molecular formula is C17H19N3O4. The number of carbonyl (C=O) groups excluding carboxylic acids is 2. The van der Waals surface area contributed by atoms with Crippen LogP contribution in [0.25, 0.3) is 0 Å². The summed E-state index contributed by atoms with van der Waals surface area (Å²) in [6.07, 6.45) is 1.77. The number of amides is 2. The monoisotopic (exact) mass is 329 g/mol. The third-order valence-electron chi connectivity index (χ3n) is 4.05. The van der Waals surface area contributed by atoms with Crippen LogP contribution in [0.15, 0.2) is 34.9 Å². The largest absolute Gasteiger partial charge is 0.465 e. The molecule has 7 heteroatoms. The van der Waals surface area contributed by atoms with Crippen LogP contribution in [0.3, 0.4) is 0 Å². The van der Waals surface area contributed by atoms with Gasteiger partial charge in [0.25, 0.3) is 0 Å². The molecule has 126 valence electrons. The van der Waals surface area contributed by atoms with Crippen LogP contribution in [0.1, 0.15) is 40.7 Å². The fourth-order valence-corrected chi connectivity index (χ4v) is 2.85. The van der Waals surface area contributed by atoms with Crippen molar-refractivity contribution in [3.8, 4) is 0 Å². The minimum Gasteiger partial charge on any atom is -0.465 e. The highest BCUT2D eigenvalue weighted by molar-refractivity contribution is 5.92. The number of ether oxygens (including phenoxy) is 1. The van der Waals surface area contributed by atoms with Gasteiger partial charge in [0, 0.05) is 18.3 Å².